The van der Waals surface area contributed by atoms with Gasteiger partial charge in [-0.2, -0.15) is 0 Å². The van der Waals surface area contributed by atoms with Gasteiger partial charge in [0, 0.05) is 31.9 Å². The van der Waals surface area contributed by atoms with E-state index >= 15 is 0 Å². The molecule has 1 N–H and O–H groups in total. The fraction of sp³-hybridized carbons (Fsp3) is 0.562. The molecule has 3 rings (SSSR count). The molecule has 1 saturated heterocycles. The molecule has 2 aromatic rings. The number of aryl methyl sites for hydroxylation is 1. The van der Waals surface area contributed by atoms with Crippen LogP contribution in [0.2, 0.25) is 0 Å². The number of hydrogen-bond donors (Lipinski definition) is 1. The first-order valence-corrected chi connectivity index (χ1v) is 9.22. The number of anilines is 2. The van der Waals surface area contributed by atoms with E-state index < -0.39 is 0 Å². The smallest absolute Gasteiger partial charge is 0.231 e. The third-order valence-electron chi connectivity index (χ3n) is 4.11. The Kier molecular flexibility index (Phi) is 5.68. The van der Waals surface area contributed by atoms with Gasteiger partial charge < -0.3 is 10.2 Å². The van der Waals surface area contributed by atoms with Crippen LogP contribution in [0, 0.1) is 5.92 Å². The molecule has 8 heteroatoms. The van der Waals surface area contributed by atoms with Crippen molar-refractivity contribution in [3.05, 3.63) is 23.6 Å². The summed E-state index contributed by atoms with van der Waals surface area (Å²) in [5.41, 5.74) is 0. The van der Waals surface area contributed by atoms with E-state index in [1.54, 1.807) is 18.6 Å². The van der Waals surface area contributed by atoms with Crippen LogP contribution < -0.4 is 10.2 Å². The molecular formula is C16H22N6OS. The number of unbranched alkanes of at least 4 members (excludes halogenated alkanes) is 1. The van der Waals surface area contributed by atoms with Crippen molar-refractivity contribution in [2.45, 2.75) is 39.0 Å². The summed E-state index contributed by atoms with van der Waals surface area (Å²) in [7, 11) is 0. The van der Waals surface area contributed by atoms with Gasteiger partial charge in [-0.25, -0.2) is 4.98 Å². The molecular weight excluding hydrogens is 324 g/mol. The minimum Gasteiger partial charge on any atom is -0.355 e. The summed E-state index contributed by atoms with van der Waals surface area (Å²) < 4.78 is 0. The molecule has 1 aliphatic rings. The highest BCUT2D eigenvalue weighted by Crippen LogP contribution is 2.23. The number of nitrogens with zero attached hydrogens (tertiary/aromatic N) is 5. The van der Waals surface area contributed by atoms with Crippen LogP contribution >= 0.6 is 11.3 Å². The predicted molar refractivity (Wildman–Crippen MR) is 94.1 cm³/mol. The van der Waals surface area contributed by atoms with Crippen LogP contribution in [0.15, 0.2) is 18.6 Å². The van der Waals surface area contributed by atoms with E-state index in [2.05, 4.69) is 37.3 Å². The Balaban J connectivity index is 1.57. The number of piperidine rings is 1. The average Bonchev–Trinajstić information content (AvgIpc) is 3.08. The van der Waals surface area contributed by atoms with E-state index in [1.807, 2.05) is 0 Å². The van der Waals surface area contributed by atoms with Gasteiger partial charge in [0.25, 0.3) is 0 Å². The van der Waals surface area contributed by atoms with Gasteiger partial charge in [-0.3, -0.25) is 9.78 Å². The quantitative estimate of drug-likeness (QED) is 0.865. The Morgan fingerprint density at radius 1 is 1.42 bits per heavy atom. The fourth-order valence-corrected chi connectivity index (χ4v) is 3.58. The Morgan fingerprint density at radius 3 is 3.12 bits per heavy atom. The van der Waals surface area contributed by atoms with E-state index in [0.29, 0.717) is 11.7 Å². The minimum atomic E-state index is -0.0660. The van der Waals surface area contributed by atoms with Crippen LogP contribution in [0.3, 0.4) is 0 Å². The first kappa shape index (κ1) is 16.8. The highest BCUT2D eigenvalue weighted by molar-refractivity contribution is 7.15. The van der Waals surface area contributed by atoms with E-state index in [1.165, 1.54) is 11.3 Å². The Hall–Kier alpha value is -2.09. The molecule has 0 radical (unpaired) electrons. The monoisotopic (exact) mass is 346 g/mol. The second-order valence-electron chi connectivity index (χ2n) is 5.94. The third kappa shape index (κ3) is 4.25. The standard InChI is InChI=1S/C16H22N6OS/c1-2-3-6-14-20-21-16(24-14)19-15(23)12-5-4-9-22(11-12)13-10-17-7-8-18-13/h7-8,10,12H,2-6,9,11H2,1H3,(H,19,21,23)/t12-/m1/s1. The predicted octanol–water partition coefficient (Wildman–Crippen LogP) is 2.53. The van der Waals surface area contributed by atoms with E-state index in [9.17, 15) is 4.79 Å². The topological polar surface area (TPSA) is 83.9 Å². The van der Waals surface area contributed by atoms with Crippen LogP contribution in [0.25, 0.3) is 0 Å². The van der Waals surface area contributed by atoms with Crippen LogP contribution in [0.4, 0.5) is 10.9 Å². The van der Waals surface area contributed by atoms with Gasteiger partial charge in [-0.05, 0) is 19.3 Å². The molecule has 24 heavy (non-hydrogen) atoms. The number of rotatable bonds is 6. The van der Waals surface area contributed by atoms with Crippen LogP contribution in [0.1, 0.15) is 37.6 Å². The number of hydrogen-bond acceptors (Lipinski definition) is 7. The van der Waals surface area contributed by atoms with E-state index in [-0.39, 0.29) is 11.8 Å². The van der Waals surface area contributed by atoms with Crippen molar-refractivity contribution < 1.29 is 4.79 Å². The molecule has 3 heterocycles. The molecule has 0 unspecified atom stereocenters. The van der Waals surface area contributed by atoms with Crippen molar-refractivity contribution in [1.29, 1.82) is 0 Å². The SMILES string of the molecule is CCCCc1nnc(NC(=O)[C@@H]2CCCN(c3cnccn3)C2)s1. The van der Waals surface area contributed by atoms with Crippen molar-refractivity contribution in [1.82, 2.24) is 20.2 Å². The summed E-state index contributed by atoms with van der Waals surface area (Å²) in [4.78, 5) is 23.1. The summed E-state index contributed by atoms with van der Waals surface area (Å²) in [6.07, 6.45) is 10.1. The van der Waals surface area contributed by atoms with E-state index in [0.717, 1.165) is 49.5 Å². The highest BCUT2D eigenvalue weighted by atomic mass is 32.1. The number of aromatic nitrogens is 4. The summed E-state index contributed by atoms with van der Waals surface area (Å²) >= 11 is 1.47. The molecule has 1 fully saturated rings. The number of carbonyl (C=O) groups excluding carboxylic acids is 1. The lowest BCUT2D eigenvalue weighted by atomic mass is 9.97. The summed E-state index contributed by atoms with van der Waals surface area (Å²) in [6, 6.07) is 0. The summed E-state index contributed by atoms with van der Waals surface area (Å²) in [6.45, 7) is 3.71. The van der Waals surface area contributed by atoms with Crippen molar-refractivity contribution in [2.24, 2.45) is 5.92 Å². The second kappa shape index (κ2) is 8.14. The Bertz CT molecular complexity index is 662. The van der Waals surface area contributed by atoms with Gasteiger partial charge in [0.15, 0.2) is 0 Å². The maximum atomic E-state index is 12.5. The zero-order chi connectivity index (χ0) is 16.8. The highest BCUT2D eigenvalue weighted by Gasteiger charge is 2.27. The average molecular weight is 346 g/mol. The van der Waals surface area contributed by atoms with Crippen molar-refractivity contribution in [3.8, 4) is 0 Å². The zero-order valence-electron chi connectivity index (χ0n) is 13.8. The largest absolute Gasteiger partial charge is 0.355 e. The molecule has 7 nitrogen and oxygen atoms in total. The van der Waals surface area contributed by atoms with Crippen molar-refractivity contribution >= 4 is 28.2 Å². The molecule has 1 atom stereocenters. The molecule has 1 aliphatic heterocycles. The molecule has 0 bridgehead atoms. The van der Waals surface area contributed by atoms with Gasteiger partial charge in [-0.1, -0.05) is 24.7 Å². The van der Waals surface area contributed by atoms with Gasteiger partial charge in [0.05, 0.1) is 12.1 Å². The van der Waals surface area contributed by atoms with Gasteiger partial charge >= 0.3 is 0 Å². The minimum absolute atomic E-state index is 0.0155. The Morgan fingerprint density at radius 2 is 2.33 bits per heavy atom. The van der Waals surface area contributed by atoms with Crippen LogP contribution in [-0.4, -0.2) is 39.2 Å². The number of carbonyl (C=O) groups is 1. The van der Waals surface area contributed by atoms with Gasteiger partial charge in [-0.15, -0.1) is 10.2 Å². The van der Waals surface area contributed by atoms with Gasteiger partial charge in [0.1, 0.15) is 10.8 Å². The first-order valence-electron chi connectivity index (χ1n) is 8.40. The molecule has 1 amide bonds. The van der Waals surface area contributed by atoms with Crippen LogP contribution in [-0.2, 0) is 11.2 Å². The zero-order valence-corrected chi connectivity index (χ0v) is 14.6. The number of amides is 1. The molecule has 128 valence electrons. The molecule has 0 aliphatic carbocycles. The lowest BCUT2D eigenvalue weighted by molar-refractivity contribution is -0.120. The summed E-state index contributed by atoms with van der Waals surface area (Å²) in [5, 5.41) is 12.7. The first-order chi connectivity index (χ1) is 11.8. The summed E-state index contributed by atoms with van der Waals surface area (Å²) in [5.74, 6) is 0.776. The third-order valence-corrected chi connectivity index (χ3v) is 5.01. The Labute approximate surface area is 145 Å². The number of nitrogens with one attached hydrogen (secondary N) is 1. The van der Waals surface area contributed by atoms with E-state index in [4.69, 9.17) is 0 Å². The molecule has 0 spiro atoms. The maximum absolute atomic E-state index is 12.5. The normalized spacial score (nSPS) is 17.7. The molecule has 2 aromatic heterocycles. The fourth-order valence-electron chi connectivity index (χ4n) is 2.79. The van der Waals surface area contributed by atoms with Gasteiger partial charge in [0.2, 0.25) is 11.0 Å². The second-order valence-corrected chi connectivity index (χ2v) is 7.00. The lowest BCUT2D eigenvalue weighted by Gasteiger charge is -2.32. The molecule has 0 saturated carbocycles. The molecule has 0 aromatic carbocycles. The van der Waals surface area contributed by atoms with Crippen molar-refractivity contribution in [2.75, 3.05) is 23.3 Å². The maximum Gasteiger partial charge on any atom is 0.231 e. The van der Waals surface area contributed by atoms with Crippen LogP contribution in [0.5, 0.6) is 0 Å². The van der Waals surface area contributed by atoms with Crippen molar-refractivity contribution in [3.63, 3.8) is 0 Å². The lowest BCUT2D eigenvalue weighted by Crippen LogP contribution is -2.41.